The average Bonchev–Trinajstić information content (AvgIpc) is 3.30. The normalized spacial score (nSPS) is 14.8. The van der Waals surface area contributed by atoms with E-state index in [0.717, 1.165) is 5.01 Å². The Bertz CT molecular complexity index is 1270. The topological polar surface area (TPSA) is 192 Å². The summed E-state index contributed by atoms with van der Waals surface area (Å²) in [4.78, 5) is 69.6. The average molecular weight is 709 g/mol. The van der Waals surface area contributed by atoms with Crippen LogP contribution in [0.2, 0.25) is 0 Å². The Morgan fingerprint density at radius 1 is 0.860 bits per heavy atom. The summed E-state index contributed by atoms with van der Waals surface area (Å²) in [5.74, 6) is -1.46. The van der Waals surface area contributed by atoms with Gasteiger partial charge in [-0.25, -0.2) is 14.8 Å². The Kier molecular flexibility index (Phi) is 17.9. The minimum absolute atomic E-state index is 0.0461. The van der Waals surface area contributed by atoms with Crippen LogP contribution in [-0.4, -0.2) is 81.7 Å². The van der Waals surface area contributed by atoms with Crippen LogP contribution in [0, 0.1) is 43.4 Å². The zero-order valence-corrected chi connectivity index (χ0v) is 32.6. The first kappa shape index (κ1) is 44.3. The monoisotopic (exact) mass is 708 g/mol. The molecule has 1 heterocycles. The van der Waals surface area contributed by atoms with Gasteiger partial charge in [-0.1, -0.05) is 55.4 Å². The first-order valence-electron chi connectivity index (χ1n) is 17.8. The van der Waals surface area contributed by atoms with Crippen molar-refractivity contribution in [2.45, 2.75) is 139 Å². The van der Waals surface area contributed by atoms with Crippen molar-refractivity contribution in [1.82, 2.24) is 31.4 Å². The zero-order valence-electron chi connectivity index (χ0n) is 32.6. The number of aryl methyl sites for hydroxylation is 2. The summed E-state index contributed by atoms with van der Waals surface area (Å²) < 4.78 is 10.9. The number of hydrogen-bond donors (Lipinski definition) is 5. The third-order valence-corrected chi connectivity index (χ3v) is 7.88. The molecule has 5 N–H and O–H groups in total. The van der Waals surface area contributed by atoms with Crippen LogP contribution in [-0.2, 0) is 30.3 Å². The molecule has 14 nitrogen and oxygen atoms in total. The van der Waals surface area contributed by atoms with Gasteiger partial charge in [0.2, 0.25) is 23.6 Å². The number of carbonyl (C=O) groups excluding carboxylic acids is 5. The minimum atomic E-state index is -1.07. The summed E-state index contributed by atoms with van der Waals surface area (Å²) in [6.45, 7) is 23.8. The SMILES string of the molecule is Cc1nc(CC(C)C(=O)NN(CCC(=O)NC(CC(C)C)C(O)CC(C)C(=O)NC(C(=O)NCC(C)C)C(C)C)C(=O)OC(C)(C)C)c(C)o1. The number of ether oxygens (including phenoxy) is 1. The van der Waals surface area contributed by atoms with Crippen molar-refractivity contribution in [2.24, 2.45) is 29.6 Å². The van der Waals surface area contributed by atoms with E-state index in [4.69, 9.17) is 9.15 Å². The molecule has 286 valence electrons. The minimum Gasteiger partial charge on any atom is -0.446 e. The molecule has 0 aliphatic heterocycles. The van der Waals surface area contributed by atoms with Gasteiger partial charge < -0.3 is 30.2 Å². The fourth-order valence-electron chi connectivity index (χ4n) is 5.09. The maximum atomic E-state index is 13.2. The molecular formula is C36H64N6O8. The summed E-state index contributed by atoms with van der Waals surface area (Å²) in [6.07, 6.45) is -1.33. The Morgan fingerprint density at radius 2 is 1.48 bits per heavy atom. The van der Waals surface area contributed by atoms with Gasteiger partial charge >= 0.3 is 6.09 Å². The van der Waals surface area contributed by atoms with Gasteiger partial charge in [-0.05, 0) is 58.3 Å². The Hall–Kier alpha value is -3.68. The summed E-state index contributed by atoms with van der Waals surface area (Å²) in [5, 5.41) is 20.7. The van der Waals surface area contributed by atoms with Crippen molar-refractivity contribution in [1.29, 1.82) is 0 Å². The molecule has 50 heavy (non-hydrogen) atoms. The van der Waals surface area contributed by atoms with E-state index in [9.17, 15) is 29.1 Å². The highest BCUT2D eigenvalue weighted by molar-refractivity contribution is 5.88. The number of amides is 5. The second-order valence-corrected chi connectivity index (χ2v) is 15.6. The molecule has 1 rings (SSSR count). The smallest absolute Gasteiger partial charge is 0.429 e. The van der Waals surface area contributed by atoms with E-state index in [2.05, 4.69) is 26.4 Å². The zero-order chi connectivity index (χ0) is 38.5. The van der Waals surface area contributed by atoms with Gasteiger partial charge in [0.1, 0.15) is 17.4 Å². The number of aliphatic hydroxyl groups is 1. The molecule has 0 radical (unpaired) electrons. The molecule has 1 aromatic heterocycles. The van der Waals surface area contributed by atoms with Crippen molar-refractivity contribution in [2.75, 3.05) is 13.1 Å². The van der Waals surface area contributed by atoms with Crippen LogP contribution in [0.25, 0.3) is 0 Å². The lowest BCUT2D eigenvalue weighted by Gasteiger charge is -2.30. The molecular weight excluding hydrogens is 644 g/mol. The van der Waals surface area contributed by atoms with Gasteiger partial charge in [0.15, 0.2) is 5.89 Å². The van der Waals surface area contributed by atoms with E-state index in [-0.39, 0.29) is 55.4 Å². The standard InChI is InChI=1S/C36H64N6O8/c1-20(2)16-28(29(43)18-24(8)32(45)40-31(22(5)6)34(47)37-19-21(3)4)39-30(44)14-15-42(35(48)50-36(11,12)13)41-33(46)23(7)17-27-25(9)49-26(10)38-27/h20-24,28-29,31,43H,14-19H2,1-13H3,(H,37,47)(H,39,44)(H,40,45)(H,41,46). The first-order valence-corrected chi connectivity index (χ1v) is 17.8. The largest absolute Gasteiger partial charge is 0.446 e. The van der Waals surface area contributed by atoms with Crippen LogP contribution in [0.1, 0.15) is 113 Å². The number of hydrazine groups is 1. The second-order valence-electron chi connectivity index (χ2n) is 15.6. The Labute approximate surface area is 298 Å². The van der Waals surface area contributed by atoms with Gasteiger partial charge in [-0.15, -0.1) is 0 Å². The summed E-state index contributed by atoms with van der Waals surface area (Å²) in [7, 11) is 0. The van der Waals surface area contributed by atoms with Crippen LogP contribution < -0.4 is 21.4 Å². The summed E-state index contributed by atoms with van der Waals surface area (Å²) in [5.41, 5.74) is 2.38. The van der Waals surface area contributed by atoms with Crippen LogP contribution in [0.5, 0.6) is 0 Å². The quantitative estimate of drug-likeness (QED) is 0.141. The van der Waals surface area contributed by atoms with E-state index in [1.807, 2.05) is 41.5 Å². The van der Waals surface area contributed by atoms with Crippen LogP contribution >= 0.6 is 0 Å². The van der Waals surface area contributed by atoms with Crippen molar-refractivity contribution >= 4 is 29.7 Å². The number of carbonyl (C=O) groups is 5. The van der Waals surface area contributed by atoms with Gasteiger partial charge in [-0.3, -0.25) is 24.6 Å². The van der Waals surface area contributed by atoms with Crippen LogP contribution in [0.15, 0.2) is 4.42 Å². The molecule has 0 spiro atoms. The highest BCUT2D eigenvalue weighted by Gasteiger charge is 2.31. The maximum absolute atomic E-state index is 13.2. The van der Waals surface area contributed by atoms with E-state index >= 15 is 0 Å². The predicted octanol–water partition coefficient (Wildman–Crippen LogP) is 3.96. The number of aromatic nitrogens is 1. The van der Waals surface area contributed by atoms with Crippen LogP contribution in [0.3, 0.4) is 0 Å². The molecule has 1 aromatic rings. The molecule has 0 aliphatic rings. The predicted molar refractivity (Wildman–Crippen MR) is 190 cm³/mol. The van der Waals surface area contributed by atoms with Gasteiger partial charge in [-0.2, -0.15) is 0 Å². The van der Waals surface area contributed by atoms with E-state index in [1.54, 1.807) is 48.5 Å². The molecule has 0 saturated carbocycles. The molecule has 0 bridgehead atoms. The van der Waals surface area contributed by atoms with Crippen molar-refractivity contribution in [3.05, 3.63) is 17.3 Å². The molecule has 0 saturated heterocycles. The summed E-state index contributed by atoms with van der Waals surface area (Å²) >= 11 is 0. The van der Waals surface area contributed by atoms with Crippen LogP contribution in [0.4, 0.5) is 4.79 Å². The lowest BCUT2D eigenvalue weighted by Crippen LogP contribution is -2.52. The van der Waals surface area contributed by atoms with E-state index in [0.29, 0.717) is 30.3 Å². The molecule has 0 aromatic carbocycles. The van der Waals surface area contributed by atoms with Crippen molar-refractivity contribution in [3.8, 4) is 0 Å². The van der Waals surface area contributed by atoms with E-state index in [1.165, 1.54) is 0 Å². The number of rotatable bonds is 18. The third-order valence-electron chi connectivity index (χ3n) is 7.88. The first-order chi connectivity index (χ1) is 23.0. The maximum Gasteiger partial charge on any atom is 0.429 e. The number of oxazole rings is 1. The van der Waals surface area contributed by atoms with Gasteiger partial charge in [0.25, 0.3) is 0 Å². The Morgan fingerprint density at radius 3 is 1.98 bits per heavy atom. The van der Waals surface area contributed by atoms with Crippen molar-refractivity contribution < 1.29 is 38.2 Å². The molecule has 5 atom stereocenters. The fraction of sp³-hybridized carbons (Fsp3) is 0.778. The number of hydrogen-bond acceptors (Lipinski definition) is 9. The molecule has 0 aliphatic carbocycles. The molecule has 5 unspecified atom stereocenters. The summed E-state index contributed by atoms with van der Waals surface area (Å²) in [6, 6.07) is -1.41. The molecule has 5 amide bonds. The van der Waals surface area contributed by atoms with Gasteiger partial charge in [0, 0.05) is 38.1 Å². The highest BCUT2D eigenvalue weighted by atomic mass is 16.6. The van der Waals surface area contributed by atoms with Gasteiger partial charge in [0.05, 0.1) is 24.4 Å². The lowest BCUT2D eigenvalue weighted by molar-refractivity contribution is -0.132. The fourth-order valence-corrected chi connectivity index (χ4v) is 5.09. The van der Waals surface area contributed by atoms with Crippen molar-refractivity contribution in [3.63, 3.8) is 0 Å². The third kappa shape index (κ3) is 16.4. The Balaban J connectivity index is 2.95. The molecule has 0 fully saturated rings. The van der Waals surface area contributed by atoms with E-state index < -0.39 is 53.5 Å². The second kappa shape index (κ2) is 20.2. The highest BCUT2D eigenvalue weighted by Crippen LogP contribution is 2.18. The lowest BCUT2D eigenvalue weighted by atomic mass is 9.92. The number of aliphatic hydroxyl groups excluding tert-OH is 1. The number of nitrogens with one attached hydrogen (secondary N) is 4. The number of nitrogens with zero attached hydrogens (tertiary/aromatic N) is 2. The molecule has 14 heteroatoms.